The van der Waals surface area contributed by atoms with Gasteiger partial charge in [0.2, 0.25) is 16.0 Å². The summed E-state index contributed by atoms with van der Waals surface area (Å²) < 4.78 is 32.6. The summed E-state index contributed by atoms with van der Waals surface area (Å²) in [4.78, 5) is 11.4. The van der Waals surface area contributed by atoms with Crippen molar-refractivity contribution in [2.24, 2.45) is 0 Å². The number of hydrogen-bond donors (Lipinski definition) is 1. The molecule has 2 heterocycles. The molecule has 1 aliphatic heterocycles. The molecule has 0 saturated carbocycles. The van der Waals surface area contributed by atoms with Crippen LogP contribution in [0.4, 0.5) is 17.5 Å². The Morgan fingerprint density at radius 1 is 1.00 bits per heavy atom. The van der Waals surface area contributed by atoms with E-state index < -0.39 is 10.0 Å². The molecule has 0 radical (unpaired) electrons. The zero-order chi connectivity index (χ0) is 23.4. The van der Waals surface area contributed by atoms with E-state index in [0.29, 0.717) is 49.3 Å². The molecular formula is C23H24N6O3S. The number of methoxy groups -OCH3 is 1. The van der Waals surface area contributed by atoms with Crippen LogP contribution in [0.3, 0.4) is 0 Å². The fraction of sp³-hybridized carbons (Fsp3) is 0.261. The second kappa shape index (κ2) is 9.44. The average molecular weight is 465 g/mol. The molecule has 1 saturated heterocycles. The van der Waals surface area contributed by atoms with E-state index in [1.54, 1.807) is 43.5 Å². The number of piperazine rings is 1. The fourth-order valence-corrected chi connectivity index (χ4v) is 4.98. The van der Waals surface area contributed by atoms with Gasteiger partial charge in [-0.05, 0) is 55.5 Å². The Bertz CT molecular complexity index is 1260. The van der Waals surface area contributed by atoms with Crippen LogP contribution >= 0.6 is 0 Å². The Morgan fingerprint density at radius 2 is 1.67 bits per heavy atom. The zero-order valence-corrected chi connectivity index (χ0v) is 19.2. The maximum atomic E-state index is 13.0. The lowest BCUT2D eigenvalue weighted by atomic mass is 10.2. The van der Waals surface area contributed by atoms with Gasteiger partial charge in [-0.1, -0.05) is 0 Å². The van der Waals surface area contributed by atoms with Crippen molar-refractivity contribution in [2.45, 2.75) is 11.8 Å². The normalized spacial score (nSPS) is 14.5. The standard InChI is InChI=1S/C23H24N6O3S/c1-17-15-22(26-19-5-3-18(16-24)4-6-19)27-23(25-17)28-11-13-29(14-12-28)33(30,31)21-9-7-20(32-2)8-10-21/h3-10,15H,11-14H2,1-2H3,(H,25,26,27). The number of hydrogen-bond acceptors (Lipinski definition) is 8. The van der Waals surface area contributed by atoms with Crippen molar-refractivity contribution in [3.05, 3.63) is 65.9 Å². The molecule has 10 heteroatoms. The minimum atomic E-state index is -3.58. The van der Waals surface area contributed by atoms with E-state index >= 15 is 0 Å². The first kappa shape index (κ1) is 22.5. The van der Waals surface area contributed by atoms with Crippen molar-refractivity contribution in [1.29, 1.82) is 5.26 Å². The van der Waals surface area contributed by atoms with Gasteiger partial charge in [0.1, 0.15) is 11.6 Å². The van der Waals surface area contributed by atoms with Gasteiger partial charge < -0.3 is 15.0 Å². The molecule has 170 valence electrons. The van der Waals surface area contributed by atoms with Gasteiger partial charge in [0.25, 0.3) is 0 Å². The highest BCUT2D eigenvalue weighted by atomic mass is 32.2. The third kappa shape index (κ3) is 5.05. The number of nitriles is 1. The Hall–Kier alpha value is -3.68. The summed E-state index contributed by atoms with van der Waals surface area (Å²) in [5.74, 6) is 1.80. The third-order valence-corrected chi connectivity index (χ3v) is 7.26. The molecular weight excluding hydrogens is 440 g/mol. The van der Waals surface area contributed by atoms with E-state index in [9.17, 15) is 8.42 Å². The minimum Gasteiger partial charge on any atom is -0.497 e. The lowest BCUT2D eigenvalue weighted by Crippen LogP contribution is -2.49. The van der Waals surface area contributed by atoms with Crippen molar-refractivity contribution in [3.8, 4) is 11.8 Å². The first-order valence-electron chi connectivity index (χ1n) is 10.4. The number of anilines is 3. The van der Waals surface area contributed by atoms with E-state index in [2.05, 4.69) is 21.4 Å². The van der Waals surface area contributed by atoms with Gasteiger partial charge in [0.05, 0.1) is 23.6 Å². The van der Waals surface area contributed by atoms with E-state index in [1.165, 1.54) is 4.31 Å². The molecule has 1 N–H and O–H groups in total. The van der Waals surface area contributed by atoms with Crippen LogP contribution in [-0.2, 0) is 10.0 Å². The predicted octanol–water partition coefficient (Wildman–Crippen LogP) is 2.92. The SMILES string of the molecule is COc1ccc(S(=O)(=O)N2CCN(c3nc(C)cc(Nc4ccc(C#N)cc4)n3)CC2)cc1. The topological polar surface area (TPSA) is 111 Å². The number of benzene rings is 2. The number of sulfonamides is 1. The smallest absolute Gasteiger partial charge is 0.243 e. The largest absolute Gasteiger partial charge is 0.497 e. The Labute approximate surface area is 193 Å². The quantitative estimate of drug-likeness (QED) is 0.593. The highest BCUT2D eigenvalue weighted by Gasteiger charge is 2.29. The highest BCUT2D eigenvalue weighted by molar-refractivity contribution is 7.89. The van der Waals surface area contributed by atoms with Gasteiger partial charge in [-0.3, -0.25) is 0 Å². The number of nitrogens with zero attached hydrogens (tertiary/aromatic N) is 5. The number of nitrogens with one attached hydrogen (secondary N) is 1. The van der Waals surface area contributed by atoms with Crippen LogP contribution in [-0.4, -0.2) is 56.0 Å². The molecule has 2 aromatic carbocycles. The number of ether oxygens (including phenoxy) is 1. The van der Waals surface area contributed by atoms with Crippen molar-refractivity contribution in [3.63, 3.8) is 0 Å². The van der Waals surface area contributed by atoms with E-state index in [1.807, 2.05) is 30.0 Å². The number of rotatable bonds is 6. The van der Waals surface area contributed by atoms with Crippen LogP contribution in [0.15, 0.2) is 59.5 Å². The van der Waals surface area contributed by atoms with Crippen LogP contribution in [0.5, 0.6) is 5.75 Å². The molecule has 1 aromatic heterocycles. The van der Waals surface area contributed by atoms with Crippen LogP contribution in [0, 0.1) is 18.3 Å². The average Bonchev–Trinajstić information content (AvgIpc) is 2.84. The first-order valence-corrected chi connectivity index (χ1v) is 11.8. The van der Waals surface area contributed by atoms with E-state index in [-0.39, 0.29) is 4.90 Å². The van der Waals surface area contributed by atoms with Crippen molar-refractivity contribution < 1.29 is 13.2 Å². The van der Waals surface area contributed by atoms with Crippen molar-refractivity contribution >= 4 is 27.5 Å². The van der Waals surface area contributed by atoms with Crippen LogP contribution in [0.1, 0.15) is 11.3 Å². The second-order valence-electron chi connectivity index (χ2n) is 7.58. The van der Waals surface area contributed by atoms with Gasteiger partial charge in [-0.15, -0.1) is 0 Å². The lowest BCUT2D eigenvalue weighted by Gasteiger charge is -2.34. The minimum absolute atomic E-state index is 0.248. The Balaban J connectivity index is 1.45. The summed E-state index contributed by atoms with van der Waals surface area (Å²) in [7, 11) is -2.04. The fourth-order valence-electron chi connectivity index (χ4n) is 3.56. The maximum absolute atomic E-state index is 13.0. The molecule has 0 unspecified atom stereocenters. The predicted molar refractivity (Wildman–Crippen MR) is 125 cm³/mol. The molecule has 0 spiro atoms. The molecule has 0 amide bonds. The zero-order valence-electron chi connectivity index (χ0n) is 18.4. The molecule has 0 aliphatic carbocycles. The molecule has 4 rings (SSSR count). The Kier molecular flexibility index (Phi) is 6.44. The third-order valence-electron chi connectivity index (χ3n) is 5.35. The van der Waals surface area contributed by atoms with Crippen LogP contribution < -0.4 is 15.0 Å². The molecule has 1 aliphatic rings. The summed E-state index contributed by atoms with van der Waals surface area (Å²) in [5, 5.41) is 12.2. The molecule has 0 atom stereocenters. The summed E-state index contributed by atoms with van der Waals surface area (Å²) in [6.07, 6.45) is 0. The summed E-state index contributed by atoms with van der Waals surface area (Å²) >= 11 is 0. The molecule has 9 nitrogen and oxygen atoms in total. The van der Waals surface area contributed by atoms with E-state index in [0.717, 1.165) is 11.4 Å². The van der Waals surface area contributed by atoms with Gasteiger partial charge in [0.15, 0.2) is 0 Å². The Morgan fingerprint density at radius 3 is 2.27 bits per heavy atom. The summed E-state index contributed by atoms with van der Waals surface area (Å²) in [6, 6.07) is 17.5. The molecule has 1 fully saturated rings. The van der Waals surface area contributed by atoms with Gasteiger partial charge in [-0.2, -0.15) is 14.6 Å². The number of aryl methyl sites for hydroxylation is 1. The lowest BCUT2D eigenvalue weighted by molar-refractivity contribution is 0.382. The van der Waals surface area contributed by atoms with Gasteiger partial charge in [-0.25, -0.2) is 13.4 Å². The van der Waals surface area contributed by atoms with Gasteiger partial charge >= 0.3 is 0 Å². The van der Waals surface area contributed by atoms with Crippen LogP contribution in [0.2, 0.25) is 0 Å². The highest BCUT2D eigenvalue weighted by Crippen LogP contribution is 2.23. The van der Waals surface area contributed by atoms with Crippen molar-refractivity contribution in [1.82, 2.24) is 14.3 Å². The van der Waals surface area contributed by atoms with E-state index in [4.69, 9.17) is 10.00 Å². The molecule has 0 bridgehead atoms. The monoisotopic (exact) mass is 464 g/mol. The van der Waals surface area contributed by atoms with Crippen molar-refractivity contribution in [2.75, 3.05) is 43.5 Å². The summed E-state index contributed by atoms with van der Waals surface area (Å²) in [5.41, 5.74) is 2.19. The number of aromatic nitrogens is 2. The van der Waals surface area contributed by atoms with Crippen LogP contribution in [0.25, 0.3) is 0 Å². The van der Waals surface area contributed by atoms with Gasteiger partial charge in [0, 0.05) is 43.6 Å². The maximum Gasteiger partial charge on any atom is 0.243 e. The molecule has 3 aromatic rings. The first-order chi connectivity index (χ1) is 15.9. The molecule has 33 heavy (non-hydrogen) atoms. The second-order valence-corrected chi connectivity index (χ2v) is 9.51. The summed E-state index contributed by atoms with van der Waals surface area (Å²) in [6.45, 7) is 3.53.